The van der Waals surface area contributed by atoms with E-state index in [0.717, 1.165) is 12.5 Å². The summed E-state index contributed by atoms with van der Waals surface area (Å²) in [5.41, 5.74) is 0.479. The molecule has 42 heavy (non-hydrogen) atoms. The topological polar surface area (TPSA) is 55.4 Å². The SMILES string of the molecule is CCCCCCCCCCCO[Si](OC)(OC(OCC)(OCC)OCC)[SiH2]CCCCCCCCCCCC(C)(C)C. The van der Waals surface area contributed by atoms with Crippen LogP contribution in [0.15, 0.2) is 0 Å². The minimum absolute atomic E-state index is 0.421. The lowest BCUT2D eigenvalue weighted by molar-refractivity contribution is -0.477. The van der Waals surface area contributed by atoms with E-state index in [4.69, 9.17) is 27.5 Å². The van der Waals surface area contributed by atoms with Gasteiger partial charge in [-0.05, 0) is 39.0 Å². The van der Waals surface area contributed by atoms with Crippen LogP contribution in [-0.4, -0.2) is 57.1 Å². The molecule has 0 amide bonds. The third-order valence-electron chi connectivity index (χ3n) is 7.78. The zero-order chi connectivity index (χ0) is 31.4. The van der Waals surface area contributed by atoms with Crippen LogP contribution in [0, 0.1) is 5.41 Å². The van der Waals surface area contributed by atoms with Gasteiger partial charge >= 0.3 is 14.5 Å². The second-order valence-corrected chi connectivity index (χ2v) is 20.6. The molecular weight excluding hydrogens is 561 g/mol. The van der Waals surface area contributed by atoms with E-state index in [1.54, 1.807) is 7.11 Å². The number of hydrogen-bond donors (Lipinski definition) is 0. The quantitative estimate of drug-likeness (QED) is 0.0417. The molecule has 0 aromatic carbocycles. The van der Waals surface area contributed by atoms with Crippen molar-refractivity contribution in [2.24, 2.45) is 5.41 Å². The third kappa shape index (κ3) is 23.6. The molecule has 0 radical (unpaired) electrons. The highest BCUT2D eigenvalue weighted by molar-refractivity contribution is 7.14. The molecular formula is C34H74O6Si2. The van der Waals surface area contributed by atoms with E-state index in [1.807, 2.05) is 20.8 Å². The summed E-state index contributed by atoms with van der Waals surface area (Å²) in [5.74, 6) is 0. The monoisotopic (exact) mass is 635 g/mol. The second kappa shape index (κ2) is 27.5. The summed E-state index contributed by atoms with van der Waals surface area (Å²) in [6, 6.07) is 1.14. The van der Waals surface area contributed by atoms with Gasteiger partial charge in [0, 0.05) is 13.7 Å². The lowest BCUT2D eigenvalue weighted by Crippen LogP contribution is -2.60. The first-order valence-electron chi connectivity index (χ1n) is 18.0. The number of rotatable bonds is 32. The minimum atomic E-state index is -2.95. The molecule has 0 aromatic heterocycles. The van der Waals surface area contributed by atoms with Crippen LogP contribution in [0.4, 0.5) is 0 Å². The zero-order valence-electron chi connectivity index (χ0n) is 29.6. The molecule has 254 valence electrons. The molecule has 8 heteroatoms. The van der Waals surface area contributed by atoms with Gasteiger partial charge < -0.3 is 23.1 Å². The van der Waals surface area contributed by atoms with Crippen LogP contribution in [0.5, 0.6) is 0 Å². The molecule has 1 atom stereocenters. The van der Waals surface area contributed by atoms with Gasteiger partial charge in [0.2, 0.25) is 0 Å². The van der Waals surface area contributed by atoms with Crippen LogP contribution >= 0.6 is 0 Å². The Morgan fingerprint density at radius 3 is 1.40 bits per heavy atom. The van der Waals surface area contributed by atoms with E-state index in [1.165, 1.54) is 116 Å². The second-order valence-electron chi connectivity index (χ2n) is 13.1. The fourth-order valence-corrected chi connectivity index (χ4v) is 12.5. The van der Waals surface area contributed by atoms with Gasteiger partial charge in [0.15, 0.2) is 0 Å². The van der Waals surface area contributed by atoms with E-state index >= 15 is 0 Å². The van der Waals surface area contributed by atoms with Gasteiger partial charge in [-0.15, -0.1) is 0 Å². The molecule has 0 heterocycles. The first-order chi connectivity index (χ1) is 20.2. The Hall–Kier alpha value is 0.194. The van der Waals surface area contributed by atoms with Crippen LogP contribution in [0.3, 0.4) is 0 Å². The summed E-state index contributed by atoms with van der Waals surface area (Å²) in [4.78, 5) is 0. The van der Waals surface area contributed by atoms with Crippen molar-refractivity contribution in [3.63, 3.8) is 0 Å². The van der Waals surface area contributed by atoms with Gasteiger partial charge in [-0.25, -0.2) is 0 Å². The van der Waals surface area contributed by atoms with Gasteiger partial charge in [0.1, 0.15) is 9.04 Å². The highest BCUT2D eigenvalue weighted by atomic mass is 29.2. The lowest BCUT2D eigenvalue weighted by atomic mass is 9.89. The fraction of sp³-hybridized carbons (Fsp3) is 1.00. The number of hydrogen-bond acceptors (Lipinski definition) is 6. The fourth-order valence-electron chi connectivity index (χ4n) is 5.34. The normalized spacial score (nSPS) is 14.3. The highest BCUT2D eigenvalue weighted by Crippen LogP contribution is 2.26. The average Bonchev–Trinajstić information content (AvgIpc) is 2.94. The molecule has 0 saturated carbocycles. The van der Waals surface area contributed by atoms with Crippen molar-refractivity contribution < 1.29 is 27.5 Å². The summed E-state index contributed by atoms with van der Waals surface area (Å²) in [6.07, 6.45) is 23.4. The largest absolute Gasteiger partial charge is 0.467 e. The zero-order valence-corrected chi connectivity index (χ0v) is 32.0. The van der Waals surface area contributed by atoms with Crippen LogP contribution in [0.2, 0.25) is 6.04 Å². The van der Waals surface area contributed by atoms with Crippen molar-refractivity contribution in [1.82, 2.24) is 0 Å². The number of ether oxygens (including phenoxy) is 3. The van der Waals surface area contributed by atoms with Gasteiger partial charge in [-0.1, -0.05) is 143 Å². The molecule has 0 saturated heterocycles. The summed E-state index contributed by atoms with van der Waals surface area (Å²) < 4.78 is 37.1. The maximum atomic E-state index is 6.58. The van der Waals surface area contributed by atoms with E-state index in [9.17, 15) is 0 Å². The number of unbranched alkanes of at least 4 members (excludes halogenated alkanes) is 16. The van der Waals surface area contributed by atoms with Crippen molar-refractivity contribution in [3.8, 4) is 0 Å². The van der Waals surface area contributed by atoms with Crippen LogP contribution < -0.4 is 0 Å². The summed E-state index contributed by atoms with van der Waals surface area (Å²) >= 11 is 0. The van der Waals surface area contributed by atoms with Crippen molar-refractivity contribution in [2.45, 2.75) is 183 Å². The molecule has 0 fully saturated rings. The summed E-state index contributed by atoms with van der Waals surface area (Å²) in [6.45, 7) is 17.0. The average molecular weight is 635 g/mol. The van der Waals surface area contributed by atoms with E-state index in [0.29, 0.717) is 31.8 Å². The Kier molecular flexibility index (Phi) is 27.6. The maximum absolute atomic E-state index is 6.58. The van der Waals surface area contributed by atoms with Gasteiger partial charge in [0.25, 0.3) is 0 Å². The van der Waals surface area contributed by atoms with Crippen molar-refractivity contribution in [2.75, 3.05) is 33.5 Å². The predicted molar refractivity (Wildman–Crippen MR) is 184 cm³/mol. The van der Waals surface area contributed by atoms with Crippen LogP contribution in [0.1, 0.15) is 170 Å². The van der Waals surface area contributed by atoms with Crippen LogP contribution in [0.25, 0.3) is 0 Å². The molecule has 0 aliphatic carbocycles. The Balaban J connectivity index is 4.69. The molecule has 0 aliphatic heterocycles. The van der Waals surface area contributed by atoms with Crippen molar-refractivity contribution >= 4 is 17.4 Å². The molecule has 1 unspecified atom stereocenters. The van der Waals surface area contributed by atoms with E-state index in [-0.39, 0.29) is 0 Å². The summed E-state index contributed by atoms with van der Waals surface area (Å²) in [7, 11) is -2.01. The van der Waals surface area contributed by atoms with Crippen molar-refractivity contribution in [3.05, 3.63) is 0 Å². The Labute approximate surface area is 266 Å². The smallest absolute Gasteiger partial charge is 0.380 e. The van der Waals surface area contributed by atoms with E-state index in [2.05, 4.69) is 27.7 Å². The predicted octanol–water partition coefficient (Wildman–Crippen LogP) is 9.89. The van der Waals surface area contributed by atoms with Gasteiger partial charge in [0.05, 0.1) is 19.8 Å². The van der Waals surface area contributed by atoms with E-state index < -0.39 is 23.5 Å². The third-order valence-corrected chi connectivity index (χ3v) is 15.9. The maximum Gasteiger partial charge on any atom is 0.467 e. The Bertz CT molecular complexity index is 558. The summed E-state index contributed by atoms with van der Waals surface area (Å²) in [5, 5.41) is 0. The molecule has 0 aliphatic rings. The van der Waals surface area contributed by atoms with Gasteiger partial charge in [-0.2, -0.15) is 0 Å². The standard InChI is InChI=1S/C34H74O6Si2/c1-9-13-14-15-16-19-22-25-28-31-39-42(35-8,40-34(36-10-2,37-11-3)38-12-4)41-32-29-26-23-20-17-18-21-24-27-30-33(5,6)7/h9-32,41H2,1-8H3. The molecule has 0 bridgehead atoms. The molecule has 6 nitrogen and oxygen atoms in total. The minimum Gasteiger partial charge on any atom is -0.380 e. The van der Waals surface area contributed by atoms with Crippen molar-refractivity contribution in [1.29, 1.82) is 0 Å². The molecule has 0 spiro atoms. The first-order valence-corrected chi connectivity index (χ1v) is 23.1. The highest BCUT2D eigenvalue weighted by Gasteiger charge is 2.50. The molecule has 0 aromatic rings. The molecule has 0 rings (SSSR count). The molecule has 0 N–H and O–H groups in total. The lowest BCUT2D eigenvalue weighted by Gasteiger charge is -2.38. The van der Waals surface area contributed by atoms with Gasteiger partial charge in [-0.3, -0.25) is 4.43 Å². The Morgan fingerprint density at radius 1 is 0.548 bits per heavy atom. The first kappa shape index (κ1) is 42.2. The van der Waals surface area contributed by atoms with Crippen LogP contribution in [-0.2, 0) is 27.5 Å². The Morgan fingerprint density at radius 2 is 0.976 bits per heavy atom.